The minimum atomic E-state index is -0.679. The number of hydrogen-bond donors (Lipinski definition) is 3. The first kappa shape index (κ1) is 21.3. The third-order valence-corrected chi connectivity index (χ3v) is 3.01. The van der Waals surface area contributed by atoms with Crippen molar-refractivity contribution in [3.63, 3.8) is 0 Å². The molecule has 0 saturated heterocycles. The molecule has 2 rings (SSSR count). The van der Waals surface area contributed by atoms with E-state index in [-0.39, 0.29) is 5.02 Å². The second-order valence-corrected chi connectivity index (χ2v) is 4.54. The molecule has 0 spiro atoms. The van der Waals surface area contributed by atoms with E-state index in [1.54, 1.807) is 19.2 Å². The van der Waals surface area contributed by atoms with Crippen LogP contribution in [0.15, 0.2) is 35.6 Å². The largest absolute Gasteiger partial charge is 0.398 e. The van der Waals surface area contributed by atoms with E-state index in [9.17, 15) is 8.78 Å². The maximum Gasteiger partial charge on any atom is 0.234 e. The Balaban J connectivity index is 0.000000414. The van der Waals surface area contributed by atoms with Crippen molar-refractivity contribution in [1.29, 1.82) is 0 Å². The van der Waals surface area contributed by atoms with E-state index in [0.29, 0.717) is 17.8 Å². The highest BCUT2D eigenvalue weighted by Gasteiger charge is 2.02. The van der Waals surface area contributed by atoms with Crippen LogP contribution in [0.2, 0.25) is 5.02 Å². The average Bonchev–Trinajstić information content (AvgIpc) is 2.59. The molecule has 0 unspecified atom stereocenters. The first-order valence-electron chi connectivity index (χ1n) is 5.79. The Morgan fingerprint density at radius 1 is 1.39 bits per heavy atom. The van der Waals surface area contributed by atoms with Crippen LogP contribution >= 0.6 is 23.6 Å². The van der Waals surface area contributed by atoms with Crippen LogP contribution in [-0.2, 0) is 9.37 Å². The van der Waals surface area contributed by atoms with Crippen LogP contribution in [-0.4, -0.2) is 29.5 Å². The number of benzene rings is 1. The van der Waals surface area contributed by atoms with Crippen molar-refractivity contribution in [2.45, 2.75) is 4.90 Å². The van der Waals surface area contributed by atoms with Gasteiger partial charge in [-0.1, -0.05) is 16.6 Å². The lowest BCUT2D eigenvalue weighted by Crippen LogP contribution is -1.93. The van der Waals surface area contributed by atoms with Crippen molar-refractivity contribution < 1.29 is 23.4 Å². The second kappa shape index (κ2) is 12.8. The van der Waals surface area contributed by atoms with Gasteiger partial charge in [0.05, 0.1) is 30.3 Å². The Kier molecular flexibility index (Phi) is 11.8. The Morgan fingerprint density at radius 3 is 2.52 bits per heavy atom. The molecule has 2 aromatic rings. The molecule has 0 aliphatic rings. The summed E-state index contributed by atoms with van der Waals surface area (Å²) in [7, 11) is 2.30. The number of nitrogens with one attached hydrogen (secondary N) is 1. The summed E-state index contributed by atoms with van der Waals surface area (Å²) in [5, 5.41) is 14.3. The molecule has 0 bridgehead atoms. The Labute approximate surface area is 140 Å². The smallest absolute Gasteiger partial charge is 0.234 e. The fraction of sp³-hybridized carbons (Fsp3) is 0.167. The van der Waals surface area contributed by atoms with E-state index in [0.717, 1.165) is 24.1 Å². The number of halogens is 3. The maximum absolute atomic E-state index is 12.0. The zero-order valence-electron chi connectivity index (χ0n) is 12.2. The average molecular weight is 369 g/mol. The van der Waals surface area contributed by atoms with Gasteiger partial charge in [-0.3, -0.25) is 4.39 Å². The molecule has 0 fully saturated rings. The third kappa shape index (κ3) is 8.47. The van der Waals surface area contributed by atoms with Crippen LogP contribution in [0.1, 0.15) is 0 Å². The highest BCUT2D eigenvalue weighted by molar-refractivity contribution is 7.94. The van der Waals surface area contributed by atoms with Crippen LogP contribution in [0.3, 0.4) is 0 Å². The van der Waals surface area contributed by atoms with Crippen LogP contribution in [0.25, 0.3) is 0 Å². The highest BCUT2D eigenvalue weighted by atomic mass is 35.5. The number of rotatable bonds is 4. The molecule has 4 N–H and O–H groups in total. The molecule has 1 heterocycles. The normalized spacial score (nSPS) is 9.13. The van der Waals surface area contributed by atoms with Crippen molar-refractivity contribution in [3.8, 4) is 0 Å². The van der Waals surface area contributed by atoms with E-state index in [4.69, 9.17) is 22.6 Å². The molecule has 128 valence electrons. The number of hydrogen-bond acceptors (Lipinski definition) is 8. The van der Waals surface area contributed by atoms with E-state index in [2.05, 4.69) is 24.7 Å². The predicted molar refractivity (Wildman–Crippen MR) is 85.1 cm³/mol. The number of alkyl halides is 1. The van der Waals surface area contributed by atoms with Gasteiger partial charge in [-0.15, -0.1) is 4.33 Å². The van der Waals surface area contributed by atoms with Crippen LogP contribution in [0.5, 0.6) is 0 Å². The Hall–Kier alpha value is -1.72. The molecule has 1 aromatic heterocycles. The van der Waals surface area contributed by atoms with Gasteiger partial charge in [0.25, 0.3) is 0 Å². The number of nitrogen functional groups attached to an aromatic ring is 1. The van der Waals surface area contributed by atoms with Crippen molar-refractivity contribution in [2.75, 3.05) is 25.3 Å². The summed E-state index contributed by atoms with van der Waals surface area (Å²) in [6.45, 7) is 0. The summed E-state index contributed by atoms with van der Waals surface area (Å²) in [5.41, 5.74) is 7.12. The van der Waals surface area contributed by atoms with Gasteiger partial charge in [-0.05, 0) is 18.2 Å². The van der Waals surface area contributed by atoms with Crippen LogP contribution in [0.4, 0.5) is 20.2 Å². The standard InChI is InChI=1S/C7H10N2O3S.C4H2ClFN2.CH3F/c1-9-5-2-3-7(6(8)4-5)13-12-11-10;5-3-1-7-2-8-4(3)6;1-2/h2-4,9-10H,8H2,1H3;1-2H;1H3. The molecule has 1 aromatic carbocycles. The first-order valence-corrected chi connectivity index (χ1v) is 6.91. The maximum atomic E-state index is 12.0. The monoisotopic (exact) mass is 368 g/mol. The van der Waals surface area contributed by atoms with Gasteiger partial charge in [-0.25, -0.2) is 15.2 Å². The first-order chi connectivity index (χ1) is 11.1. The summed E-state index contributed by atoms with van der Waals surface area (Å²) < 4.78 is 25.8. The van der Waals surface area contributed by atoms with E-state index >= 15 is 0 Å². The van der Waals surface area contributed by atoms with Crippen molar-refractivity contribution >= 4 is 35.0 Å². The van der Waals surface area contributed by atoms with Crippen molar-refractivity contribution in [1.82, 2.24) is 9.97 Å². The number of anilines is 2. The molecule has 0 aliphatic heterocycles. The van der Waals surface area contributed by atoms with Gasteiger partial charge in [0.2, 0.25) is 5.95 Å². The quantitative estimate of drug-likeness (QED) is 0.247. The minimum Gasteiger partial charge on any atom is -0.398 e. The lowest BCUT2D eigenvalue weighted by atomic mass is 10.3. The summed E-state index contributed by atoms with van der Waals surface area (Å²) in [5.74, 6) is -0.679. The zero-order valence-corrected chi connectivity index (χ0v) is 13.7. The van der Waals surface area contributed by atoms with Gasteiger partial charge >= 0.3 is 0 Å². The Morgan fingerprint density at radius 2 is 2.09 bits per heavy atom. The molecule has 0 radical (unpaired) electrons. The lowest BCUT2D eigenvalue weighted by molar-refractivity contribution is -0.432. The van der Waals surface area contributed by atoms with Gasteiger partial charge in [0, 0.05) is 18.4 Å². The number of aromatic nitrogens is 2. The van der Waals surface area contributed by atoms with Gasteiger partial charge in [0.1, 0.15) is 11.3 Å². The minimum absolute atomic E-state index is 0.0486. The molecule has 0 saturated carbocycles. The molecule has 0 aliphatic carbocycles. The van der Waals surface area contributed by atoms with Gasteiger partial charge in [-0.2, -0.15) is 4.39 Å². The van der Waals surface area contributed by atoms with Gasteiger partial charge in [0.15, 0.2) is 0 Å². The van der Waals surface area contributed by atoms with Crippen LogP contribution < -0.4 is 11.1 Å². The lowest BCUT2D eigenvalue weighted by Gasteiger charge is -2.05. The molecule has 7 nitrogen and oxygen atoms in total. The summed E-state index contributed by atoms with van der Waals surface area (Å²) >= 11 is 6.05. The van der Waals surface area contributed by atoms with Crippen LogP contribution in [0, 0.1) is 5.95 Å². The van der Waals surface area contributed by atoms with E-state index in [1.165, 1.54) is 6.20 Å². The fourth-order valence-corrected chi connectivity index (χ4v) is 1.62. The van der Waals surface area contributed by atoms with Crippen molar-refractivity contribution in [2.24, 2.45) is 0 Å². The SMILES string of the molecule is CF.CNc1ccc(SOOO)c(N)c1.Fc1ncncc1Cl. The third-order valence-electron chi connectivity index (χ3n) is 2.08. The highest BCUT2D eigenvalue weighted by Crippen LogP contribution is 2.28. The number of nitrogens with two attached hydrogens (primary N) is 1. The molecule has 23 heavy (non-hydrogen) atoms. The fourth-order valence-electron chi connectivity index (χ4n) is 1.13. The summed E-state index contributed by atoms with van der Waals surface area (Å²) in [6, 6.07) is 5.34. The number of nitrogens with zero attached hydrogens (tertiary/aromatic N) is 2. The zero-order chi connectivity index (χ0) is 17.7. The molecule has 0 amide bonds. The van der Waals surface area contributed by atoms with E-state index in [1.807, 2.05) is 6.07 Å². The predicted octanol–water partition coefficient (Wildman–Crippen LogP) is 3.59. The molecular weight excluding hydrogens is 354 g/mol. The van der Waals surface area contributed by atoms with Gasteiger partial charge < -0.3 is 11.1 Å². The van der Waals surface area contributed by atoms with E-state index < -0.39 is 5.95 Å². The summed E-state index contributed by atoms with van der Waals surface area (Å²) in [6.07, 6.45) is 2.30. The molecule has 11 heteroatoms. The van der Waals surface area contributed by atoms with Crippen molar-refractivity contribution in [3.05, 3.63) is 41.7 Å². The summed E-state index contributed by atoms with van der Waals surface area (Å²) in [4.78, 5) is 7.31. The topological polar surface area (TPSA) is 103 Å². The molecular formula is C12H15ClF2N4O3S. The second-order valence-electron chi connectivity index (χ2n) is 3.39. The Bertz CT molecular complexity index is 563. The molecule has 0 atom stereocenters.